The zero-order chi connectivity index (χ0) is 28.3. The molecule has 2 unspecified atom stereocenters. The second-order valence-electron chi connectivity index (χ2n) is 9.94. The molecule has 2 aliphatic heterocycles. The third-order valence-corrected chi connectivity index (χ3v) is 7.68. The van der Waals surface area contributed by atoms with Crippen LogP contribution in [0.1, 0.15) is 40.6 Å². The van der Waals surface area contributed by atoms with Crippen molar-refractivity contribution >= 4 is 28.4 Å². The summed E-state index contributed by atoms with van der Waals surface area (Å²) in [5, 5.41) is 3.73. The fourth-order valence-electron chi connectivity index (χ4n) is 5.12. The Bertz CT molecular complexity index is 1340. The van der Waals surface area contributed by atoms with E-state index in [0.29, 0.717) is 61.3 Å². The predicted octanol–water partition coefficient (Wildman–Crippen LogP) is 3.97. The predicted molar refractivity (Wildman–Crippen MR) is 142 cm³/mol. The van der Waals surface area contributed by atoms with Gasteiger partial charge in [0, 0.05) is 55.1 Å². The molecule has 0 aliphatic carbocycles. The lowest BCUT2D eigenvalue weighted by Gasteiger charge is -2.34. The number of fused-ring (bicyclic) bond motifs is 1. The highest BCUT2D eigenvalue weighted by Gasteiger charge is 2.35. The quantitative estimate of drug-likeness (QED) is 0.429. The highest BCUT2D eigenvalue weighted by Crippen LogP contribution is 2.29. The summed E-state index contributed by atoms with van der Waals surface area (Å²) >= 11 is 6.46. The monoisotopic (exact) mass is 578 g/mol. The first kappa shape index (κ1) is 28.5. The van der Waals surface area contributed by atoms with E-state index in [-0.39, 0.29) is 17.1 Å². The second kappa shape index (κ2) is 12.2. The van der Waals surface area contributed by atoms with E-state index in [2.05, 4.69) is 32.2 Å². The Morgan fingerprint density at radius 2 is 1.93 bits per heavy atom. The van der Waals surface area contributed by atoms with Crippen molar-refractivity contribution in [2.24, 2.45) is 0 Å². The zero-order valence-corrected chi connectivity index (χ0v) is 22.7. The third-order valence-electron chi connectivity index (χ3n) is 7.37. The average molecular weight is 579 g/mol. The number of hydrogen-bond donors (Lipinski definition) is 1. The van der Waals surface area contributed by atoms with E-state index < -0.39 is 23.9 Å². The normalized spacial score (nSPS) is 19.6. The molecule has 4 heterocycles. The molecule has 214 valence electrons. The Labute approximate surface area is 234 Å². The van der Waals surface area contributed by atoms with Crippen molar-refractivity contribution in [2.75, 3.05) is 53.0 Å². The van der Waals surface area contributed by atoms with Crippen molar-refractivity contribution in [2.45, 2.75) is 31.1 Å². The molecule has 0 bridgehead atoms. The van der Waals surface area contributed by atoms with E-state index in [0.717, 1.165) is 31.8 Å². The molecule has 1 N–H and O–H groups in total. The Morgan fingerprint density at radius 3 is 2.60 bits per heavy atom. The Kier molecular flexibility index (Phi) is 8.69. The zero-order valence-electron chi connectivity index (χ0n) is 22.0. The summed E-state index contributed by atoms with van der Waals surface area (Å²) in [4.78, 5) is 29.3. The molecular formula is C27H30ClF3N6O3. The number of amides is 1. The first-order valence-corrected chi connectivity index (χ1v) is 13.5. The van der Waals surface area contributed by atoms with Crippen molar-refractivity contribution in [1.82, 2.24) is 30.1 Å². The fourth-order valence-corrected chi connectivity index (χ4v) is 5.37. The number of pyridine rings is 1. The lowest BCUT2D eigenvalue weighted by molar-refractivity contribution is -0.145. The van der Waals surface area contributed by atoms with E-state index in [1.165, 1.54) is 0 Å². The first-order valence-electron chi connectivity index (χ1n) is 13.1. The van der Waals surface area contributed by atoms with Crippen LogP contribution in [0.5, 0.6) is 5.88 Å². The number of hydrogen-bond acceptors (Lipinski definition) is 8. The van der Waals surface area contributed by atoms with E-state index in [9.17, 15) is 18.0 Å². The molecule has 0 saturated carbocycles. The number of likely N-dealkylation sites (N-methyl/N-ethyl adjacent to an activating group) is 1. The summed E-state index contributed by atoms with van der Waals surface area (Å²) in [6, 6.07) is 6.72. The molecular weight excluding hydrogens is 549 g/mol. The molecule has 9 nitrogen and oxygen atoms in total. The van der Waals surface area contributed by atoms with Crippen molar-refractivity contribution < 1.29 is 27.4 Å². The number of rotatable bonds is 8. The van der Waals surface area contributed by atoms with E-state index in [1.54, 1.807) is 24.3 Å². The lowest BCUT2D eigenvalue weighted by Crippen LogP contribution is -2.44. The number of morpholine rings is 1. The van der Waals surface area contributed by atoms with Gasteiger partial charge in [-0.2, -0.15) is 13.2 Å². The van der Waals surface area contributed by atoms with Crippen LogP contribution in [0.3, 0.4) is 0 Å². The molecule has 1 amide bonds. The highest BCUT2D eigenvalue weighted by molar-refractivity contribution is 6.35. The molecule has 2 atom stereocenters. The molecule has 0 spiro atoms. The molecule has 2 fully saturated rings. The van der Waals surface area contributed by atoms with Gasteiger partial charge >= 0.3 is 6.18 Å². The lowest BCUT2D eigenvalue weighted by atomic mass is 10.1. The average Bonchev–Trinajstić information content (AvgIpc) is 3.36. The smallest absolute Gasteiger partial charge is 0.451 e. The van der Waals surface area contributed by atoms with Crippen LogP contribution in [0.4, 0.5) is 13.2 Å². The number of nitrogens with one attached hydrogen (secondary N) is 1. The van der Waals surface area contributed by atoms with Crippen LogP contribution in [-0.2, 0) is 10.9 Å². The molecule has 2 aromatic heterocycles. The number of alkyl halides is 3. The molecule has 2 saturated heterocycles. The summed E-state index contributed by atoms with van der Waals surface area (Å²) in [6.45, 7) is 3.70. The first-order chi connectivity index (χ1) is 19.2. The van der Waals surface area contributed by atoms with Crippen LogP contribution in [0.2, 0.25) is 5.02 Å². The van der Waals surface area contributed by atoms with Gasteiger partial charge < -0.3 is 19.7 Å². The molecule has 5 rings (SSSR count). The van der Waals surface area contributed by atoms with Crippen molar-refractivity contribution in [3.05, 3.63) is 58.6 Å². The highest BCUT2D eigenvalue weighted by atomic mass is 35.5. The third kappa shape index (κ3) is 6.46. The number of halogens is 4. The van der Waals surface area contributed by atoms with Gasteiger partial charge in [-0.1, -0.05) is 11.6 Å². The standard InChI is InChI=1S/C27H30ClF3N6O3/c1-36-8-2-3-18(36)16-40-23-7-4-19-21(35-23)6-5-20(28)24(19)25(38)32-15-22(37-9-11-39-12-10-37)17-13-33-26(34-14-17)27(29,30)31/h4-7,13-14,18,22H,2-3,8-12,15-16H2,1H3,(H,32,38). The van der Waals surface area contributed by atoms with Crippen LogP contribution >= 0.6 is 11.6 Å². The summed E-state index contributed by atoms with van der Waals surface area (Å²) in [7, 11) is 2.08. The number of nitrogens with zero attached hydrogens (tertiary/aromatic N) is 5. The van der Waals surface area contributed by atoms with Gasteiger partial charge in [0.1, 0.15) is 6.61 Å². The number of likely N-dealkylation sites (tertiary alicyclic amines) is 1. The van der Waals surface area contributed by atoms with Crippen LogP contribution in [-0.4, -0.2) is 89.7 Å². The summed E-state index contributed by atoms with van der Waals surface area (Å²) in [5.41, 5.74) is 1.28. The minimum Gasteiger partial charge on any atom is -0.476 e. The molecule has 40 heavy (non-hydrogen) atoms. The fraction of sp³-hybridized carbons (Fsp3) is 0.481. The van der Waals surface area contributed by atoms with Gasteiger partial charge in [-0.3, -0.25) is 9.69 Å². The van der Waals surface area contributed by atoms with Crippen LogP contribution in [0.25, 0.3) is 10.9 Å². The minimum atomic E-state index is -4.64. The Balaban J connectivity index is 1.33. The number of carbonyl (C=O) groups is 1. The van der Waals surface area contributed by atoms with Crippen LogP contribution in [0.15, 0.2) is 36.7 Å². The molecule has 0 radical (unpaired) electrons. The van der Waals surface area contributed by atoms with Gasteiger partial charge in [0.15, 0.2) is 0 Å². The maximum absolute atomic E-state index is 13.4. The number of benzene rings is 1. The molecule has 2 aliphatic rings. The molecule has 13 heteroatoms. The van der Waals surface area contributed by atoms with E-state index in [1.807, 2.05) is 4.90 Å². The van der Waals surface area contributed by atoms with Crippen LogP contribution < -0.4 is 10.1 Å². The van der Waals surface area contributed by atoms with Crippen molar-refractivity contribution in [3.63, 3.8) is 0 Å². The molecule has 1 aromatic carbocycles. The van der Waals surface area contributed by atoms with Crippen molar-refractivity contribution in [1.29, 1.82) is 0 Å². The van der Waals surface area contributed by atoms with Gasteiger partial charge in [-0.05, 0) is 44.6 Å². The minimum absolute atomic E-state index is 0.101. The van der Waals surface area contributed by atoms with E-state index in [4.69, 9.17) is 21.1 Å². The van der Waals surface area contributed by atoms with Gasteiger partial charge in [0.25, 0.3) is 5.91 Å². The summed E-state index contributed by atoms with van der Waals surface area (Å²) in [5.74, 6) is -1.17. The Morgan fingerprint density at radius 1 is 1.18 bits per heavy atom. The second-order valence-corrected chi connectivity index (χ2v) is 10.3. The van der Waals surface area contributed by atoms with Crippen molar-refractivity contribution in [3.8, 4) is 5.88 Å². The van der Waals surface area contributed by atoms with Gasteiger partial charge in [0.2, 0.25) is 11.7 Å². The summed E-state index contributed by atoms with van der Waals surface area (Å²) in [6.07, 6.45) is -0.110. The number of carbonyl (C=O) groups excluding carboxylic acids is 1. The topological polar surface area (TPSA) is 92.7 Å². The maximum atomic E-state index is 13.4. The van der Waals surface area contributed by atoms with Crippen LogP contribution in [0, 0.1) is 0 Å². The van der Waals surface area contributed by atoms with Gasteiger partial charge in [-0.25, -0.2) is 15.0 Å². The van der Waals surface area contributed by atoms with Gasteiger partial charge in [-0.15, -0.1) is 0 Å². The number of ether oxygens (including phenoxy) is 2. The number of aromatic nitrogens is 3. The maximum Gasteiger partial charge on any atom is 0.451 e. The van der Waals surface area contributed by atoms with E-state index >= 15 is 0 Å². The SMILES string of the molecule is CN1CCCC1COc1ccc2c(C(=O)NCC(c3cnc(C(F)(F)F)nc3)N3CCOCC3)c(Cl)ccc2n1. The van der Waals surface area contributed by atoms with Gasteiger partial charge in [0.05, 0.1) is 35.4 Å². The Hall–Kier alpha value is -3.06. The largest absolute Gasteiger partial charge is 0.476 e. The molecule has 3 aromatic rings. The summed E-state index contributed by atoms with van der Waals surface area (Å²) < 4.78 is 50.4.